The standard InChI is InChI=1S/C21H23N3O5/c1-14(15-8-10-16(11-9-15)27-13-20(25)24(2)3)22-23-21(26)19-12-28-17-6-4-5-7-18(17)29-19/h4-11,19H,12-13H2,1-3H3,(H,23,26)/b22-14-/t19-/m1/s1. The molecule has 8 heteroatoms. The molecule has 1 aliphatic rings. The van der Waals surface area contributed by atoms with Crippen LogP contribution in [0.25, 0.3) is 0 Å². The summed E-state index contributed by atoms with van der Waals surface area (Å²) in [5.74, 6) is 1.22. The van der Waals surface area contributed by atoms with E-state index in [0.29, 0.717) is 23.0 Å². The van der Waals surface area contributed by atoms with Gasteiger partial charge in [0.05, 0.1) is 5.71 Å². The van der Waals surface area contributed by atoms with Gasteiger partial charge in [0.15, 0.2) is 18.1 Å². The van der Waals surface area contributed by atoms with Crippen molar-refractivity contribution in [2.45, 2.75) is 13.0 Å². The molecule has 3 rings (SSSR count). The smallest absolute Gasteiger partial charge is 0.284 e. The Bertz CT molecular complexity index is 909. The largest absolute Gasteiger partial charge is 0.485 e. The monoisotopic (exact) mass is 397 g/mol. The number of nitrogens with zero attached hydrogens (tertiary/aromatic N) is 2. The molecule has 152 valence electrons. The summed E-state index contributed by atoms with van der Waals surface area (Å²) < 4.78 is 16.6. The van der Waals surface area contributed by atoms with Gasteiger partial charge in [-0.15, -0.1) is 0 Å². The van der Waals surface area contributed by atoms with Gasteiger partial charge in [0, 0.05) is 14.1 Å². The number of carbonyl (C=O) groups is 2. The zero-order valence-corrected chi connectivity index (χ0v) is 16.5. The van der Waals surface area contributed by atoms with Crippen LogP contribution in [-0.2, 0) is 9.59 Å². The van der Waals surface area contributed by atoms with Crippen molar-refractivity contribution >= 4 is 17.5 Å². The number of likely N-dealkylation sites (N-methyl/N-ethyl adjacent to an activating group) is 1. The minimum absolute atomic E-state index is 0.0257. The number of ether oxygens (including phenoxy) is 3. The van der Waals surface area contributed by atoms with Gasteiger partial charge in [-0.25, -0.2) is 5.43 Å². The predicted octanol–water partition coefficient (Wildman–Crippen LogP) is 1.83. The van der Waals surface area contributed by atoms with Crippen molar-refractivity contribution in [1.82, 2.24) is 10.3 Å². The van der Waals surface area contributed by atoms with Gasteiger partial charge in [-0.1, -0.05) is 12.1 Å². The highest BCUT2D eigenvalue weighted by Gasteiger charge is 2.27. The van der Waals surface area contributed by atoms with Gasteiger partial charge in [-0.3, -0.25) is 9.59 Å². The van der Waals surface area contributed by atoms with Crippen LogP contribution in [0.5, 0.6) is 17.2 Å². The highest BCUT2D eigenvalue weighted by atomic mass is 16.6. The highest BCUT2D eigenvalue weighted by Crippen LogP contribution is 2.30. The molecule has 0 aliphatic carbocycles. The SMILES string of the molecule is C/C(=N/NC(=O)[C@H]1COc2ccccc2O1)c1ccc(OCC(=O)N(C)C)cc1. The molecular formula is C21H23N3O5. The fraction of sp³-hybridized carbons (Fsp3) is 0.286. The summed E-state index contributed by atoms with van der Waals surface area (Å²) in [4.78, 5) is 25.3. The third-order valence-corrected chi connectivity index (χ3v) is 4.27. The Morgan fingerprint density at radius 3 is 2.52 bits per heavy atom. The number of nitrogens with one attached hydrogen (secondary N) is 1. The van der Waals surface area contributed by atoms with Crippen LogP contribution in [0.1, 0.15) is 12.5 Å². The third-order valence-electron chi connectivity index (χ3n) is 4.27. The Labute approximate surface area is 169 Å². The Morgan fingerprint density at radius 2 is 1.83 bits per heavy atom. The van der Waals surface area contributed by atoms with Gasteiger partial charge in [-0.05, 0) is 48.9 Å². The Balaban J connectivity index is 1.54. The molecule has 1 heterocycles. The van der Waals surface area contributed by atoms with Crippen molar-refractivity contribution in [2.75, 3.05) is 27.3 Å². The summed E-state index contributed by atoms with van der Waals surface area (Å²) in [5.41, 5.74) is 3.94. The van der Waals surface area contributed by atoms with E-state index in [-0.39, 0.29) is 25.0 Å². The van der Waals surface area contributed by atoms with E-state index in [2.05, 4.69) is 10.5 Å². The third kappa shape index (κ3) is 5.25. The summed E-state index contributed by atoms with van der Waals surface area (Å²) in [7, 11) is 3.35. The molecule has 0 unspecified atom stereocenters. The number of amides is 2. The number of benzene rings is 2. The topological polar surface area (TPSA) is 89.5 Å². The summed E-state index contributed by atoms with van der Waals surface area (Å²) >= 11 is 0. The molecule has 0 radical (unpaired) electrons. The molecular weight excluding hydrogens is 374 g/mol. The van der Waals surface area contributed by atoms with Crippen LogP contribution < -0.4 is 19.6 Å². The van der Waals surface area contributed by atoms with E-state index >= 15 is 0 Å². The number of rotatable bonds is 6. The summed E-state index contributed by atoms with van der Waals surface area (Å²) in [5, 5.41) is 4.13. The van der Waals surface area contributed by atoms with Gasteiger partial charge in [-0.2, -0.15) is 5.10 Å². The average molecular weight is 397 g/mol. The number of hydrogen-bond donors (Lipinski definition) is 1. The number of para-hydroxylation sites is 2. The first-order valence-corrected chi connectivity index (χ1v) is 9.10. The number of hydrogen-bond acceptors (Lipinski definition) is 6. The van der Waals surface area contributed by atoms with Crippen LogP contribution in [0.15, 0.2) is 53.6 Å². The Hall–Kier alpha value is -3.55. The maximum absolute atomic E-state index is 12.3. The van der Waals surface area contributed by atoms with Gasteiger partial charge in [0.2, 0.25) is 6.10 Å². The Kier molecular flexibility index (Phi) is 6.33. The predicted molar refractivity (Wildman–Crippen MR) is 107 cm³/mol. The lowest BCUT2D eigenvalue weighted by atomic mass is 10.1. The second-order valence-electron chi connectivity index (χ2n) is 6.64. The fourth-order valence-electron chi connectivity index (χ4n) is 2.49. The second-order valence-corrected chi connectivity index (χ2v) is 6.64. The molecule has 2 amide bonds. The summed E-state index contributed by atoms with van der Waals surface area (Å²) in [6.45, 7) is 1.87. The number of fused-ring (bicyclic) bond motifs is 1. The van der Waals surface area contributed by atoms with Crippen molar-refractivity contribution in [1.29, 1.82) is 0 Å². The molecule has 2 aromatic carbocycles. The van der Waals surface area contributed by atoms with Crippen molar-refractivity contribution in [2.24, 2.45) is 5.10 Å². The maximum Gasteiger partial charge on any atom is 0.284 e. The van der Waals surface area contributed by atoms with E-state index in [0.717, 1.165) is 5.56 Å². The molecule has 29 heavy (non-hydrogen) atoms. The van der Waals surface area contributed by atoms with Crippen molar-refractivity contribution in [3.8, 4) is 17.2 Å². The first-order valence-electron chi connectivity index (χ1n) is 9.10. The highest BCUT2D eigenvalue weighted by molar-refractivity contribution is 5.99. The zero-order chi connectivity index (χ0) is 20.8. The van der Waals surface area contributed by atoms with Crippen LogP contribution in [0.4, 0.5) is 0 Å². The minimum atomic E-state index is -0.772. The molecule has 0 saturated carbocycles. The van der Waals surface area contributed by atoms with Gasteiger partial charge in [0.25, 0.3) is 11.8 Å². The first kappa shape index (κ1) is 20.2. The van der Waals surface area contributed by atoms with E-state index in [1.807, 2.05) is 12.1 Å². The Morgan fingerprint density at radius 1 is 1.14 bits per heavy atom. The molecule has 0 aromatic heterocycles. The number of carbonyl (C=O) groups excluding carboxylic acids is 2. The first-order chi connectivity index (χ1) is 13.9. The molecule has 0 fully saturated rings. The van der Waals surface area contributed by atoms with Crippen LogP contribution in [0.3, 0.4) is 0 Å². The van der Waals surface area contributed by atoms with Crippen LogP contribution >= 0.6 is 0 Å². The van der Waals surface area contributed by atoms with Crippen LogP contribution in [0.2, 0.25) is 0 Å². The molecule has 0 spiro atoms. The van der Waals surface area contributed by atoms with E-state index < -0.39 is 6.10 Å². The van der Waals surface area contributed by atoms with E-state index in [1.165, 1.54) is 4.90 Å². The van der Waals surface area contributed by atoms with Crippen LogP contribution in [0, 0.1) is 0 Å². The van der Waals surface area contributed by atoms with Crippen LogP contribution in [-0.4, -0.2) is 55.8 Å². The van der Waals surface area contributed by atoms with Gasteiger partial charge < -0.3 is 19.1 Å². The van der Waals surface area contributed by atoms with Crippen molar-refractivity contribution < 1.29 is 23.8 Å². The normalized spacial score (nSPS) is 15.4. The molecule has 2 aromatic rings. The minimum Gasteiger partial charge on any atom is -0.485 e. The van der Waals surface area contributed by atoms with E-state index in [1.54, 1.807) is 57.4 Å². The average Bonchev–Trinajstić information content (AvgIpc) is 2.75. The van der Waals surface area contributed by atoms with Crippen molar-refractivity contribution in [3.63, 3.8) is 0 Å². The summed E-state index contributed by atoms with van der Waals surface area (Å²) in [6, 6.07) is 14.3. The lowest BCUT2D eigenvalue weighted by Crippen LogP contribution is -2.42. The lowest BCUT2D eigenvalue weighted by Gasteiger charge is -2.24. The molecule has 0 bridgehead atoms. The summed E-state index contributed by atoms with van der Waals surface area (Å²) in [6.07, 6.45) is -0.772. The molecule has 1 aliphatic heterocycles. The molecule has 8 nitrogen and oxygen atoms in total. The van der Waals surface area contributed by atoms with Crippen molar-refractivity contribution in [3.05, 3.63) is 54.1 Å². The van der Waals surface area contributed by atoms with E-state index in [4.69, 9.17) is 14.2 Å². The molecule has 1 atom stereocenters. The lowest BCUT2D eigenvalue weighted by molar-refractivity contribution is -0.131. The zero-order valence-electron chi connectivity index (χ0n) is 16.5. The van der Waals surface area contributed by atoms with Gasteiger partial charge >= 0.3 is 0 Å². The van der Waals surface area contributed by atoms with E-state index in [9.17, 15) is 9.59 Å². The second kappa shape index (κ2) is 9.09. The van der Waals surface area contributed by atoms with Gasteiger partial charge in [0.1, 0.15) is 12.4 Å². The fourth-order valence-corrected chi connectivity index (χ4v) is 2.49. The molecule has 1 N–H and O–H groups in total. The molecule has 0 saturated heterocycles. The quantitative estimate of drug-likeness (QED) is 0.593. The number of hydrazone groups is 1. The maximum atomic E-state index is 12.3.